The van der Waals surface area contributed by atoms with Gasteiger partial charge >= 0.3 is 0 Å². The lowest BCUT2D eigenvalue weighted by Crippen LogP contribution is -2.21. The summed E-state index contributed by atoms with van der Waals surface area (Å²) in [6.07, 6.45) is 1.07. The molecule has 1 aromatic rings. The van der Waals surface area contributed by atoms with Gasteiger partial charge in [0.05, 0.1) is 6.26 Å². The standard InChI is InChI=1S/C9H12FNO2S/c1-7-8(4-3-5-9(7)10)6-11-14(2,12)13/h3-5,11H,6H2,1-2H3. The summed E-state index contributed by atoms with van der Waals surface area (Å²) in [6, 6.07) is 4.59. The van der Waals surface area contributed by atoms with Crippen molar-refractivity contribution in [1.29, 1.82) is 0 Å². The minimum atomic E-state index is -3.22. The smallest absolute Gasteiger partial charge is 0.209 e. The third kappa shape index (κ3) is 3.08. The molecule has 0 fully saturated rings. The van der Waals surface area contributed by atoms with E-state index in [1.807, 2.05) is 0 Å². The van der Waals surface area contributed by atoms with Crippen LogP contribution in [-0.2, 0) is 16.6 Å². The summed E-state index contributed by atoms with van der Waals surface area (Å²) in [5.74, 6) is -0.321. The van der Waals surface area contributed by atoms with E-state index in [0.717, 1.165) is 6.26 Å². The minimum Gasteiger partial charge on any atom is -0.213 e. The molecule has 0 radical (unpaired) electrons. The van der Waals surface area contributed by atoms with Crippen LogP contribution in [0.3, 0.4) is 0 Å². The fraction of sp³-hybridized carbons (Fsp3) is 0.333. The fourth-order valence-corrected chi connectivity index (χ4v) is 1.47. The summed E-state index contributed by atoms with van der Waals surface area (Å²) in [7, 11) is -3.22. The van der Waals surface area contributed by atoms with Crippen LogP contribution in [0, 0.1) is 12.7 Å². The SMILES string of the molecule is Cc1c(F)cccc1CNS(C)(=O)=O. The van der Waals surface area contributed by atoms with E-state index < -0.39 is 10.0 Å². The average molecular weight is 217 g/mol. The number of hydrogen-bond donors (Lipinski definition) is 1. The number of sulfonamides is 1. The van der Waals surface area contributed by atoms with E-state index >= 15 is 0 Å². The lowest BCUT2D eigenvalue weighted by molar-refractivity contribution is 0.585. The molecule has 0 aromatic heterocycles. The molecule has 0 unspecified atom stereocenters. The van der Waals surface area contributed by atoms with Gasteiger partial charge in [-0.3, -0.25) is 0 Å². The Morgan fingerprint density at radius 2 is 2.07 bits per heavy atom. The molecule has 0 amide bonds. The summed E-state index contributed by atoms with van der Waals surface area (Å²) in [5.41, 5.74) is 1.12. The first-order valence-electron chi connectivity index (χ1n) is 4.09. The van der Waals surface area contributed by atoms with Gasteiger partial charge in [-0.2, -0.15) is 0 Å². The van der Waals surface area contributed by atoms with Crippen LogP contribution in [-0.4, -0.2) is 14.7 Å². The Hall–Kier alpha value is -0.940. The maximum absolute atomic E-state index is 13.0. The van der Waals surface area contributed by atoms with Crippen LogP contribution in [0.1, 0.15) is 11.1 Å². The number of hydrogen-bond acceptors (Lipinski definition) is 2. The van der Waals surface area contributed by atoms with Crippen LogP contribution in [0.2, 0.25) is 0 Å². The van der Waals surface area contributed by atoms with Crippen molar-refractivity contribution in [1.82, 2.24) is 4.72 Å². The predicted molar refractivity (Wildman–Crippen MR) is 52.8 cm³/mol. The van der Waals surface area contributed by atoms with E-state index in [9.17, 15) is 12.8 Å². The number of nitrogens with one attached hydrogen (secondary N) is 1. The number of halogens is 1. The molecular weight excluding hydrogens is 205 g/mol. The summed E-state index contributed by atoms with van der Waals surface area (Å²) in [5, 5.41) is 0. The Morgan fingerprint density at radius 1 is 1.43 bits per heavy atom. The van der Waals surface area contributed by atoms with Gasteiger partial charge in [-0.15, -0.1) is 0 Å². The molecule has 78 valence electrons. The molecule has 0 spiro atoms. The Labute approximate surface area is 83.0 Å². The molecule has 0 aliphatic heterocycles. The fourth-order valence-electron chi connectivity index (χ4n) is 1.05. The van der Waals surface area contributed by atoms with Gasteiger partial charge in [0.2, 0.25) is 10.0 Å². The van der Waals surface area contributed by atoms with E-state index in [1.54, 1.807) is 19.1 Å². The lowest BCUT2D eigenvalue weighted by atomic mass is 10.1. The highest BCUT2D eigenvalue weighted by Crippen LogP contribution is 2.11. The third-order valence-corrected chi connectivity index (χ3v) is 2.57. The van der Waals surface area contributed by atoms with E-state index in [2.05, 4.69) is 4.72 Å². The van der Waals surface area contributed by atoms with Gasteiger partial charge in [0.25, 0.3) is 0 Å². The zero-order chi connectivity index (χ0) is 10.8. The van der Waals surface area contributed by atoms with E-state index in [1.165, 1.54) is 6.07 Å². The van der Waals surface area contributed by atoms with Crippen molar-refractivity contribution in [2.45, 2.75) is 13.5 Å². The molecule has 1 N–H and O–H groups in total. The largest absolute Gasteiger partial charge is 0.213 e. The average Bonchev–Trinajstić information content (AvgIpc) is 2.06. The molecule has 1 aromatic carbocycles. The quantitative estimate of drug-likeness (QED) is 0.826. The summed E-state index contributed by atoms with van der Waals surface area (Å²) >= 11 is 0. The molecule has 0 bridgehead atoms. The van der Waals surface area contributed by atoms with Crippen LogP contribution < -0.4 is 4.72 Å². The molecule has 14 heavy (non-hydrogen) atoms. The molecule has 0 aliphatic carbocycles. The van der Waals surface area contributed by atoms with Gasteiger partial charge in [0, 0.05) is 6.54 Å². The summed E-state index contributed by atoms with van der Waals surface area (Å²) in [6.45, 7) is 1.75. The Morgan fingerprint density at radius 3 is 2.64 bits per heavy atom. The normalized spacial score (nSPS) is 11.6. The highest BCUT2D eigenvalue weighted by atomic mass is 32.2. The third-order valence-electron chi connectivity index (χ3n) is 1.90. The van der Waals surface area contributed by atoms with Crippen molar-refractivity contribution in [3.8, 4) is 0 Å². The molecule has 3 nitrogen and oxygen atoms in total. The first-order chi connectivity index (χ1) is 6.40. The second-order valence-corrected chi connectivity index (χ2v) is 4.95. The number of benzene rings is 1. The predicted octanol–water partition coefficient (Wildman–Crippen LogP) is 1.18. The van der Waals surface area contributed by atoms with Gasteiger partial charge in [0.15, 0.2) is 0 Å². The van der Waals surface area contributed by atoms with Gasteiger partial charge in [-0.1, -0.05) is 12.1 Å². The first-order valence-corrected chi connectivity index (χ1v) is 5.98. The molecule has 0 saturated carbocycles. The second kappa shape index (κ2) is 4.06. The van der Waals surface area contributed by atoms with Crippen LogP contribution in [0.15, 0.2) is 18.2 Å². The van der Waals surface area contributed by atoms with Crippen molar-refractivity contribution in [2.24, 2.45) is 0 Å². The molecule has 0 atom stereocenters. The van der Waals surface area contributed by atoms with Gasteiger partial charge in [0.1, 0.15) is 5.82 Å². The Kier molecular flexibility index (Phi) is 3.23. The first kappa shape index (κ1) is 11.1. The van der Waals surface area contributed by atoms with Crippen LogP contribution in [0.4, 0.5) is 4.39 Å². The lowest BCUT2D eigenvalue weighted by Gasteiger charge is -2.06. The van der Waals surface area contributed by atoms with Crippen molar-refractivity contribution in [3.05, 3.63) is 35.1 Å². The Bertz CT molecular complexity index is 428. The van der Waals surface area contributed by atoms with Crippen molar-refractivity contribution in [2.75, 3.05) is 6.26 Å². The van der Waals surface area contributed by atoms with E-state index in [0.29, 0.717) is 11.1 Å². The minimum absolute atomic E-state index is 0.127. The van der Waals surface area contributed by atoms with Gasteiger partial charge in [-0.25, -0.2) is 17.5 Å². The molecule has 0 saturated heterocycles. The highest BCUT2D eigenvalue weighted by molar-refractivity contribution is 7.88. The van der Waals surface area contributed by atoms with Gasteiger partial charge < -0.3 is 0 Å². The van der Waals surface area contributed by atoms with Crippen LogP contribution >= 0.6 is 0 Å². The van der Waals surface area contributed by atoms with E-state index in [4.69, 9.17) is 0 Å². The Balaban J connectivity index is 2.83. The zero-order valence-corrected chi connectivity index (χ0v) is 8.86. The molecule has 5 heteroatoms. The van der Waals surface area contributed by atoms with Crippen LogP contribution in [0.5, 0.6) is 0 Å². The van der Waals surface area contributed by atoms with Crippen molar-refractivity contribution in [3.63, 3.8) is 0 Å². The topological polar surface area (TPSA) is 46.2 Å². The highest BCUT2D eigenvalue weighted by Gasteiger charge is 2.05. The molecule has 0 aliphatic rings. The molecular formula is C9H12FNO2S. The number of rotatable bonds is 3. The monoisotopic (exact) mass is 217 g/mol. The van der Waals surface area contributed by atoms with Crippen molar-refractivity contribution < 1.29 is 12.8 Å². The summed E-state index contributed by atoms with van der Waals surface area (Å²) in [4.78, 5) is 0. The van der Waals surface area contributed by atoms with Crippen molar-refractivity contribution >= 4 is 10.0 Å². The molecule has 0 heterocycles. The van der Waals surface area contributed by atoms with E-state index in [-0.39, 0.29) is 12.4 Å². The summed E-state index contributed by atoms with van der Waals surface area (Å²) < 4.78 is 36.9. The van der Waals surface area contributed by atoms with Gasteiger partial charge in [-0.05, 0) is 24.1 Å². The van der Waals surface area contributed by atoms with Crippen LogP contribution in [0.25, 0.3) is 0 Å². The maximum atomic E-state index is 13.0. The zero-order valence-electron chi connectivity index (χ0n) is 8.04. The second-order valence-electron chi connectivity index (χ2n) is 3.12. The molecule has 1 rings (SSSR count). The maximum Gasteiger partial charge on any atom is 0.209 e.